The summed E-state index contributed by atoms with van der Waals surface area (Å²) in [6.45, 7) is 3.68. The van der Waals surface area contributed by atoms with Crippen molar-refractivity contribution in [2.75, 3.05) is 0 Å². The monoisotopic (exact) mass is 630 g/mol. The summed E-state index contributed by atoms with van der Waals surface area (Å²) in [5.41, 5.74) is 3.76. The minimum atomic E-state index is -5.08. The predicted molar refractivity (Wildman–Crippen MR) is 163 cm³/mol. The SMILES string of the molecule is Cc1ccc(C)c(N=Nc2c(S(=O)(=O)[O-])cc3c(ccc4nc(-c5cccc(N=Nc6ccc(O)cc6O)c5)[nH]c43)c2O)c1.[Na+]. The molecule has 0 saturated heterocycles. The van der Waals surface area contributed by atoms with Crippen molar-refractivity contribution in [2.24, 2.45) is 20.5 Å². The molecule has 5 aromatic carbocycles. The summed E-state index contributed by atoms with van der Waals surface area (Å²) >= 11 is 0. The number of phenols is 3. The zero-order valence-electron chi connectivity index (χ0n) is 24.2. The van der Waals surface area contributed by atoms with Crippen molar-refractivity contribution in [3.8, 4) is 28.6 Å². The zero-order valence-corrected chi connectivity index (χ0v) is 27.0. The van der Waals surface area contributed by atoms with Gasteiger partial charge in [0.15, 0.2) is 5.75 Å². The van der Waals surface area contributed by atoms with Gasteiger partial charge in [0.1, 0.15) is 38.8 Å². The van der Waals surface area contributed by atoms with Gasteiger partial charge in [-0.25, -0.2) is 13.4 Å². The molecule has 6 rings (SSSR count). The first kappa shape index (κ1) is 31.8. The molecule has 0 saturated carbocycles. The predicted octanol–water partition coefficient (Wildman–Crippen LogP) is 4.86. The quantitative estimate of drug-likeness (QED) is 0.115. The molecule has 0 aliphatic rings. The van der Waals surface area contributed by atoms with Crippen LogP contribution in [0.15, 0.2) is 104 Å². The molecule has 0 aliphatic carbocycles. The van der Waals surface area contributed by atoms with E-state index in [2.05, 4.69) is 30.4 Å². The molecule has 0 atom stereocenters. The van der Waals surface area contributed by atoms with Crippen LogP contribution in [0.5, 0.6) is 17.2 Å². The Labute approximate surface area is 278 Å². The van der Waals surface area contributed by atoms with E-state index in [1.165, 1.54) is 12.1 Å². The molecule has 0 radical (unpaired) electrons. The summed E-state index contributed by atoms with van der Waals surface area (Å²) in [6.07, 6.45) is 0. The Morgan fingerprint density at radius 2 is 1.58 bits per heavy atom. The second kappa shape index (κ2) is 12.4. The van der Waals surface area contributed by atoms with Crippen LogP contribution >= 0.6 is 0 Å². The molecule has 1 aromatic heterocycles. The molecule has 12 nitrogen and oxygen atoms in total. The number of nitrogens with zero attached hydrogens (tertiary/aromatic N) is 5. The molecule has 1 heterocycles. The number of aromatic amines is 1. The van der Waals surface area contributed by atoms with Crippen molar-refractivity contribution in [1.29, 1.82) is 0 Å². The van der Waals surface area contributed by atoms with Gasteiger partial charge in [-0.1, -0.05) is 24.3 Å². The molecular weight excluding hydrogens is 607 g/mol. The van der Waals surface area contributed by atoms with Crippen molar-refractivity contribution in [3.05, 3.63) is 90.0 Å². The normalized spacial score (nSPS) is 12.0. The maximum absolute atomic E-state index is 12.3. The van der Waals surface area contributed by atoms with Crippen LogP contribution in [-0.4, -0.2) is 38.3 Å². The molecule has 4 N–H and O–H groups in total. The van der Waals surface area contributed by atoms with E-state index >= 15 is 0 Å². The van der Waals surface area contributed by atoms with E-state index in [1.54, 1.807) is 42.5 Å². The summed E-state index contributed by atoms with van der Waals surface area (Å²) in [7, 11) is -5.08. The van der Waals surface area contributed by atoms with Crippen molar-refractivity contribution in [2.45, 2.75) is 18.7 Å². The first-order valence-electron chi connectivity index (χ1n) is 13.2. The van der Waals surface area contributed by atoms with Gasteiger partial charge in [-0.15, -0.1) is 10.2 Å². The van der Waals surface area contributed by atoms with Crippen LogP contribution in [-0.2, 0) is 10.1 Å². The fraction of sp³-hybridized carbons (Fsp3) is 0.0645. The smallest absolute Gasteiger partial charge is 0.744 e. The topological polar surface area (TPSA) is 196 Å². The molecule has 0 spiro atoms. The number of rotatable bonds is 6. The first-order chi connectivity index (χ1) is 21.0. The van der Waals surface area contributed by atoms with Crippen molar-refractivity contribution >= 4 is 54.7 Å². The Hall–Kier alpha value is -4.66. The summed E-state index contributed by atoms with van der Waals surface area (Å²) in [4.78, 5) is 7.04. The summed E-state index contributed by atoms with van der Waals surface area (Å²) in [6, 6.07) is 20.7. The average molecular weight is 631 g/mol. The number of hydrogen-bond acceptors (Lipinski definition) is 11. The van der Waals surface area contributed by atoms with Crippen molar-refractivity contribution < 1.29 is 57.8 Å². The third kappa shape index (κ3) is 6.43. The van der Waals surface area contributed by atoms with Gasteiger partial charge in [-0.2, -0.15) is 10.2 Å². The van der Waals surface area contributed by atoms with Crippen LogP contribution < -0.4 is 29.6 Å². The van der Waals surface area contributed by atoms with E-state index in [-0.39, 0.29) is 57.5 Å². The van der Waals surface area contributed by atoms with Crippen LogP contribution in [0.2, 0.25) is 0 Å². The third-order valence-electron chi connectivity index (χ3n) is 6.93. The number of H-pyrrole nitrogens is 1. The molecule has 0 fully saturated rings. The van der Waals surface area contributed by atoms with Crippen LogP contribution in [0.1, 0.15) is 11.1 Å². The van der Waals surface area contributed by atoms with E-state index in [1.807, 2.05) is 26.0 Å². The number of nitrogens with one attached hydrogen (secondary N) is 1. The summed E-state index contributed by atoms with van der Waals surface area (Å²) in [5, 5.41) is 47.4. The maximum Gasteiger partial charge on any atom is 1.00 e. The molecule has 220 valence electrons. The van der Waals surface area contributed by atoms with E-state index in [0.29, 0.717) is 33.8 Å². The van der Waals surface area contributed by atoms with Gasteiger partial charge < -0.3 is 24.9 Å². The summed E-state index contributed by atoms with van der Waals surface area (Å²) in [5.74, 6) is -0.440. The molecule has 0 amide bonds. The number of azo groups is 2. The van der Waals surface area contributed by atoms with Gasteiger partial charge >= 0.3 is 29.6 Å². The standard InChI is InChI=1S/C31H24N6O6S.Na/c1-16-6-7-17(2)25(12-16)36-37-29-27(44(41,42)43)15-22-21(30(29)40)9-11-24-28(22)33-31(32-24)18-4-3-5-19(13-18)34-35-23-10-8-20(38)14-26(23)39;/h3-15,38-40H,1-2H3,(H,32,33)(H,41,42,43);/q;+1/p-1. The zero-order chi connectivity index (χ0) is 31.2. The number of hydrogen-bond donors (Lipinski definition) is 4. The fourth-order valence-electron chi connectivity index (χ4n) is 4.68. The minimum absolute atomic E-state index is 0. The number of aromatic hydroxyl groups is 3. The van der Waals surface area contributed by atoms with Crippen molar-refractivity contribution in [1.82, 2.24) is 9.97 Å². The van der Waals surface area contributed by atoms with Crippen LogP contribution in [0.4, 0.5) is 22.7 Å². The molecule has 0 bridgehead atoms. The maximum atomic E-state index is 12.3. The molecule has 0 unspecified atom stereocenters. The second-order valence-electron chi connectivity index (χ2n) is 10.1. The van der Waals surface area contributed by atoms with E-state index in [4.69, 9.17) is 0 Å². The second-order valence-corrected chi connectivity index (χ2v) is 11.4. The molecule has 6 aromatic rings. The molecule has 14 heteroatoms. The Balaban J connectivity index is 0.00000400. The van der Waals surface area contributed by atoms with Gasteiger partial charge in [0.05, 0.1) is 27.3 Å². The van der Waals surface area contributed by atoms with Gasteiger partial charge in [0.25, 0.3) is 0 Å². The largest absolute Gasteiger partial charge is 1.00 e. The van der Waals surface area contributed by atoms with Crippen molar-refractivity contribution in [3.63, 3.8) is 0 Å². The van der Waals surface area contributed by atoms with Crippen LogP contribution in [0, 0.1) is 13.8 Å². The third-order valence-corrected chi connectivity index (χ3v) is 7.78. The average Bonchev–Trinajstić information content (AvgIpc) is 3.42. The Morgan fingerprint density at radius 1 is 0.800 bits per heavy atom. The van der Waals surface area contributed by atoms with Gasteiger partial charge in [-0.05, 0) is 73.5 Å². The van der Waals surface area contributed by atoms with E-state index in [0.717, 1.165) is 23.3 Å². The molecule has 45 heavy (non-hydrogen) atoms. The number of aryl methyl sites for hydroxylation is 2. The molecular formula is C31H23N6NaO6S. The molecule has 0 aliphatic heterocycles. The number of aromatic nitrogens is 2. The fourth-order valence-corrected chi connectivity index (χ4v) is 5.31. The minimum Gasteiger partial charge on any atom is -0.744 e. The number of fused-ring (bicyclic) bond motifs is 3. The van der Waals surface area contributed by atoms with Gasteiger partial charge in [-0.3, -0.25) is 0 Å². The Kier molecular flexibility index (Phi) is 8.74. The van der Waals surface area contributed by atoms with E-state index < -0.39 is 26.5 Å². The number of benzene rings is 5. The van der Waals surface area contributed by atoms with Gasteiger partial charge in [0, 0.05) is 22.4 Å². The van der Waals surface area contributed by atoms with Gasteiger partial charge in [0.2, 0.25) is 0 Å². The van der Waals surface area contributed by atoms with Crippen LogP contribution in [0.3, 0.4) is 0 Å². The van der Waals surface area contributed by atoms with E-state index in [9.17, 15) is 28.3 Å². The Morgan fingerprint density at radius 3 is 2.33 bits per heavy atom. The number of phenolic OH excluding ortho intramolecular Hbond substituents is 3. The number of imidazole rings is 1. The summed E-state index contributed by atoms with van der Waals surface area (Å²) < 4.78 is 37.0. The van der Waals surface area contributed by atoms with Crippen LogP contribution in [0.25, 0.3) is 33.2 Å². The first-order valence-corrected chi connectivity index (χ1v) is 14.6. The Bertz CT molecular complexity index is 2290.